The summed E-state index contributed by atoms with van der Waals surface area (Å²) in [5.41, 5.74) is 5.01. The predicted octanol–water partition coefficient (Wildman–Crippen LogP) is 1.59. The lowest BCUT2D eigenvalue weighted by atomic mass is 10.3. The van der Waals surface area contributed by atoms with Crippen molar-refractivity contribution in [3.05, 3.63) is 41.8 Å². The van der Waals surface area contributed by atoms with E-state index in [4.69, 9.17) is 10.5 Å². The summed E-state index contributed by atoms with van der Waals surface area (Å²) < 4.78 is 18.4. The van der Waals surface area contributed by atoms with Gasteiger partial charge >= 0.3 is 5.97 Å². The number of nitrogens with zero attached hydrogens (tertiary/aromatic N) is 4. The van der Waals surface area contributed by atoms with Crippen LogP contribution in [-0.2, 0) is 0 Å². The zero-order valence-electron chi connectivity index (χ0n) is 17.2. The fourth-order valence-electron chi connectivity index (χ4n) is 1.94. The first-order valence-electron chi connectivity index (χ1n) is 9.00. The molecule has 0 fully saturated rings. The molecule has 1 aromatic carbocycles. The van der Waals surface area contributed by atoms with E-state index >= 15 is 0 Å². The summed E-state index contributed by atoms with van der Waals surface area (Å²) in [4.78, 5) is 23.3. The predicted molar refractivity (Wildman–Crippen MR) is 110 cm³/mol. The van der Waals surface area contributed by atoms with Crippen molar-refractivity contribution in [3.8, 4) is 11.6 Å². The molecule has 0 amide bonds. The number of halogens is 1. The third-order valence-corrected chi connectivity index (χ3v) is 3.43. The maximum Gasteiger partial charge on any atom is 0.342 e. The summed E-state index contributed by atoms with van der Waals surface area (Å²) in [6.07, 6.45) is 1.17. The maximum atomic E-state index is 12.9. The van der Waals surface area contributed by atoms with Crippen molar-refractivity contribution in [3.63, 3.8) is 0 Å². The van der Waals surface area contributed by atoms with Gasteiger partial charge in [-0.2, -0.15) is 4.98 Å². The van der Waals surface area contributed by atoms with Crippen LogP contribution in [0.2, 0.25) is 0 Å². The molecular weight excluding hydrogens is 379 g/mol. The quantitative estimate of drug-likeness (QED) is 0.568. The fourth-order valence-corrected chi connectivity index (χ4v) is 1.94. The van der Waals surface area contributed by atoms with Crippen LogP contribution in [0.1, 0.15) is 10.4 Å². The number of carboxylic acid groups (broad SMARTS) is 1. The van der Waals surface area contributed by atoms with Gasteiger partial charge in [-0.05, 0) is 52.5 Å². The second-order valence-corrected chi connectivity index (χ2v) is 6.60. The largest absolute Gasteiger partial charge is 0.477 e. The molecule has 2 rings (SSSR count). The maximum absolute atomic E-state index is 12.9. The highest BCUT2D eigenvalue weighted by atomic mass is 19.1. The highest BCUT2D eigenvalue weighted by Crippen LogP contribution is 2.24. The molecule has 0 unspecified atom stereocenters. The van der Waals surface area contributed by atoms with Crippen molar-refractivity contribution in [1.82, 2.24) is 19.8 Å². The van der Waals surface area contributed by atoms with Crippen LogP contribution >= 0.6 is 0 Å². The zero-order valence-corrected chi connectivity index (χ0v) is 17.2. The van der Waals surface area contributed by atoms with Gasteiger partial charge in [0.15, 0.2) is 0 Å². The van der Waals surface area contributed by atoms with Gasteiger partial charge in [-0.3, -0.25) is 0 Å². The molecule has 29 heavy (non-hydrogen) atoms. The Labute approximate surface area is 170 Å². The first kappa shape index (κ1) is 24.2. The Bertz CT molecular complexity index is 756. The molecule has 0 aliphatic heterocycles. The molecule has 2 aromatic rings. The third-order valence-electron chi connectivity index (χ3n) is 3.43. The van der Waals surface area contributed by atoms with Crippen LogP contribution < -0.4 is 15.8 Å². The van der Waals surface area contributed by atoms with Crippen LogP contribution in [0.5, 0.6) is 11.6 Å². The van der Waals surface area contributed by atoms with Crippen molar-refractivity contribution in [2.45, 2.75) is 0 Å². The van der Waals surface area contributed by atoms with E-state index in [1.165, 1.54) is 30.5 Å². The van der Waals surface area contributed by atoms with Crippen LogP contribution in [0.25, 0.3) is 0 Å². The molecule has 0 aliphatic rings. The molecule has 1 aromatic heterocycles. The van der Waals surface area contributed by atoms with E-state index < -0.39 is 11.8 Å². The molecule has 9 nitrogen and oxygen atoms in total. The van der Waals surface area contributed by atoms with Gasteiger partial charge in [0.1, 0.15) is 17.1 Å². The summed E-state index contributed by atoms with van der Waals surface area (Å²) in [5, 5.41) is 12.2. The van der Waals surface area contributed by atoms with Crippen LogP contribution in [0.3, 0.4) is 0 Å². The Morgan fingerprint density at radius 2 is 1.79 bits per heavy atom. The number of aromatic carboxylic acids is 1. The summed E-state index contributed by atoms with van der Waals surface area (Å²) >= 11 is 0. The van der Waals surface area contributed by atoms with Crippen molar-refractivity contribution >= 4 is 11.9 Å². The molecule has 10 heteroatoms. The van der Waals surface area contributed by atoms with Crippen molar-refractivity contribution in [2.24, 2.45) is 5.73 Å². The number of anilines is 1. The molecule has 0 aliphatic carbocycles. The SMILES string of the molecule is CN(C)CCN.CN(C)CCNc1ncc(C(=O)O)c(Oc2ccc(F)cc2)n1. The second kappa shape index (κ2) is 12.6. The van der Waals surface area contributed by atoms with E-state index in [-0.39, 0.29) is 23.1 Å². The molecule has 0 saturated carbocycles. The monoisotopic (exact) mass is 408 g/mol. The van der Waals surface area contributed by atoms with Gasteiger partial charge in [-0.15, -0.1) is 0 Å². The third kappa shape index (κ3) is 9.79. The number of likely N-dealkylation sites (N-methyl/N-ethyl adjacent to an activating group) is 2. The van der Waals surface area contributed by atoms with Gasteiger partial charge in [-0.1, -0.05) is 0 Å². The van der Waals surface area contributed by atoms with Crippen LogP contribution in [-0.4, -0.2) is 85.2 Å². The minimum Gasteiger partial charge on any atom is -0.477 e. The summed E-state index contributed by atoms with van der Waals surface area (Å²) in [5.74, 6) is -1.18. The van der Waals surface area contributed by atoms with Crippen molar-refractivity contribution < 1.29 is 19.0 Å². The van der Waals surface area contributed by atoms with E-state index in [1.54, 1.807) is 0 Å². The van der Waals surface area contributed by atoms with Crippen molar-refractivity contribution in [2.75, 3.05) is 59.7 Å². The lowest BCUT2D eigenvalue weighted by Crippen LogP contribution is -2.21. The molecular formula is C19H29FN6O3. The Morgan fingerprint density at radius 1 is 1.17 bits per heavy atom. The molecule has 1 heterocycles. The average Bonchev–Trinajstić information content (AvgIpc) is 2.64. The van der Waals surface area contributed by atoms with Gasteiger partial charge in [-0.25, -0.2) is 14.2 Å². The molecule has 160 valence electrons. The summed E-state index contributed by atoms with van der Waals surface area (Å²) in [6, 6.07) is 5.21. The van der Waals surface area contributed by atoms with E-state index in [0.29, 0.717) is 6.54 Å². The van der Waals surface area contributed by atoms with Gasteiger partial charge < -0.3 is 30.7 Å². The van der Waals surface area contributed by atoms with Gasteiger partial charge in [0.25, 0.3) is 0 Å². The summed E-state index contributed by atoms with van der Waals surface area (Å²) in [7, 11) is 7.87. The van der Waals surface area contributed by atoms with E-state index in [1.807, 2.05) is 33.1 Å². The lowest BCUT2D eigenvalue weighted by Gasteiger charge is -2.12. The number of nitrogens with one attached hydrogen (secondary N) is 1. The number of hydrogen-bond acceptors (Lipinski definition) is 8. The fraction of sp³-hybridized carbons (Fsp3) is 0.421. The molecule has 0 radical (unpaired) electrons. The number of aromatic nitrogens is 2. The van der Waals surface area contributed by atoms with Crippen LogP contribution in [0.15, 0.2) is 30.5 Å². The number of ether oxygens (including phenoxy) is 1. The molecule has 0 spiro atoms. The van der Waals surface area contributed by atoms with Crippen LogP contribution in [0.4, 0.5) is 10.3 Å². The minimum absolute atomic E-state index is 0.105. The first-order valence-corrected chi connectivity index (χ1v) is 9.00. The number of nitrogens with two attached hydrogens (primary N) is 1. The van der Waals surface area contributed by atoms with Gasteiger partial charge in [0, 0.05) is 26.2 Å². The van der Waals surface area contributed by atoms with Crippen molar-refractivity contribution in [1.29, 1.82) is 0 Å². The van der Waals surface area contributed by atoms with E-state index in [2.05, 4.69) is 20.2 Å². The van der Waals surface area contributed by atoms with Gasteiger partial charge in [0.2, 0.25) is 11.8 Å². The highest BCUT2D eigenvalue weighted by Gasteiger charge is 2.16. The van der Waals surface area contributed by atoms with E-state index in [0.717, 1.165) is 19.6 Å². The molecule has 4 N–H and O–H groups in total. The van der Waals surface area contributed by atoms with E-state index in [9.17, 15) is 14.3 Å². The Morgan fingerprint density at radius 3 is 2.28 bits per heavy atom. The Balaban J connectivity index is 0.000000612. The highest BCUT2D eigenvalue weighted by molar-refractivity contribution is 5.90. The standard InChI is InChI=1S/C15H17FN4O3.C4H12N2/c1-20(2)8-7-17-15-18-9-12(14(21)22)13(19-15)23-11-5-3-10(16)4-6-11;1-6(2)4-3-5/h3-6,9H,7-8H2,1-2H3,(H,21,22)(H,17,18,19);3-5H2,1-2H3. The normalized spacial score (nSPS) is 10.5. The Kier molecular flexibility index (Phi) is 10.5. The number of hydrogen-bond donors (Lipinski definition) is 3. The lowest BCUT2D eigenvalue weighted by molar-refractivity contribution is 0.0693. The number of carboxylic acids is 1. The Hall–Kier alpha value is -2.82. The zero-order chi connectivity index (χ0) is 21.8. The second-order valence-electron chi connectivity index (χ2n) is 6.60. The first-order chi connectivity index (χ1) is 13.7. The number of benzene rings is 1. The molecule has 0 bridgehead atoms. The average molecular weight is 408 g/mol. The van der Waals surface area contributed by atoms with Gasteiger partial charge in [0.05, 0.1) is 6.20 Å². The molecule has 0 saturated heterocycles. The number of rotatable bonds is 9. The van der Waals surface area contributed by atoms with Crippen LogP contribution in [0, 0.1) is 5.82 Å². The summed E-state index contributed by atoms with van der Waals surface area (Å²) in [6.45, 7) is 3.10. The topological polar surface area (TPSA) is 117 Å². The minimum atomic E-state index is -1.21. The molecule has 0 atom stereocenters. The smallest absolute Gasteiger partial charge is 0.342 e. The number of carbonyl (C=O) groups is 1.